The number of aromatic nitrogens is 3. The second kappa shape index (κ2) is 11.8. The fourth-order valence-corrected chi connectivity index (χ4v) is 12.3. The summed E-state index contributed by atoms with van der Waals surface area (Å²) in [6.07, 6.45) is 5.06. The van der Waals surface area contributed by atoms with Gasteiger partial charge in [-0.25, -0.2) is 15.0 Å². The molecule has 8 aromatic rings. The van der Waals surface area contributed by atoms with Gasteiger partial charge in [-0.2, -0.15) is 0 Å². The van der Waals surface area contributed by atoms with Crippen molar-refractivity contribution in [1.29, 1.82) is 0 Å². The minimum Gasteiger partial charge on any atom is -0.457 e. The summed E-state index contributed by atoms with van der Waals surface area (Å²) in [6.45, 7) is 2.43. The van der Waals surface area contributed by atoms with Crippen molar-refractivity contribution in [3.05, 3.63) is 186 Å². The molecule has 0 radical (unpaired) electrons. The summed E-state index contributed by atoms with van der Waals surface area (Å²) in [5, 5.41) is 2.40. The maximum Gasteiger partial charge on any atom is 0.164 e. The van der Waals surface area contributed by atoms with Crippen LogP contribution in [0.4, 0.5) is 0 Å². The molecule has 1 aliphatic heterocycles. The molecule has 5 aliphatic rings. The summed E-state index contributed by atoms with van der Waals surface area (Å²) < 4.78 is 6.79. The molecule has 1 aromatic heterocycles. The zero-order valence-corrected chi connectivity index (χ0v) is 32.4. The molecule has 58 heavy (non-hydrogen) atoms. The van der Waals surface area contributed by atoms with Crippen LogP contribution in [0.3, 0.4) is 0 Å². The van der Waals surface area contributed by atoms with E-state index in [1.165, 1.54) is 51.4 Å². The Balaban J connectivity index is 1.01. The molecule has 7 aromatic carbocycles. The lowest BCUT2D eigenvalue weighted by Gasteiger charge is -2.65. The van der Waals surface area contributed by atoms with Crippen LogP contribution in [0.2, 0.25) is 0 Å². The van der Waals surface area contributed by atoms with Crippen LogP contribution in [0.5, 0.6) is 11.5 Å². The van der Waals surface area contributed by atoms with Gasteiger partial charge in [-0.15, -0.1) is 0 Å². The Kier molecular flexibility index (Phi) is 6.66. The molecule has 4 aliphatic carbocycles. The monoisotopic (exact) mass is 747 g/mol. The van der Waals surface area contributed by atoms with Crippen LogP contribution >= 0.6 is 0 Å². The molecular formula is C54H41N3O. The van der Waals surface area contributed by atoms with Crippen LogP contribution in [0.25, 0.3) is 55.8 Å². The number of ether oxygens (including phenoxy) is 1. The highest BCUT2D eigenvalue weighted by atomic mass is 16.5. The number of hydrogen-bond donors (Lipinski definition) is 0. The first kappa shape index (κ1) is 32.7. The van der Waals surface area contributed by atoms with E-state index < -0.39 is 5.41 Å². The van der Waals surface area contributed by atoms with Gasteiger partial charge in [-0.3, -0.25) is 0 Å². The zero-order valence-electron chi connectivity index (χ0n) is 32.4. The third-order valence-corrected chi connectivity index (χ3v) is 14.8. The minimum atomic E-state index is -0.540. The van der Waals surface area contributed by atoms with Gasteiger partial charge in [0.1, 0.15) is 17.3 Å². The number of nitrogens with zero attached hydrogens (tertiary/aromatic N) is 3. The molecule has 4 unspecified atom stereocenters. The van der Waals surface area contributed by atoms with Crippen LogP contribution in [-0.2, 0) is 10.8 Å². The van der Waals surface area contributed by atoms with Gasteiger partial charge >= 0.3 is 0 Å². The topological polar surface area (TPSA) is 47.9 Å². The summed E-state index contributed by atoms with van der Waals surface area (Å²) in [5.41, 5.74) is 11.0. The number of rotatable bonds is 4. The van der Waals surface area contributed by atoms with Crippen LogP contribution in [0.1, 0.15) is 60.7 Å². The lowest BCUT2D eigenvalue weighted by atomic mass is 9.40. The smallest absolute Gasteiger partial charge is 0.164 e. The van der Waals surface area contributed by atoms with Crippen molar-refractivity contribution in [1.82, 2.24) is 15.0 Å². The molecule has 3 fully saturated rings. The second-order valence-electron chi connectivity index (χ2n) is 17.9. The Morgan fingerprint density at radius 3 is 1.79 bits per heavy atom. The predicted molar refractivity (Wildman–Crippen MR) is 231 cm³/mol. The molecule has 1 spiro atoms. The molecule has 2 heterocycles. The maximum absolute atomic E-state index is 6.79. The first-order valence-electron chi connectivity index (χ1n) is 21.0. The van der Waals surface area contributed by atoms with Gasteiger partial charge in [0, 0.05) is 27.7 Å². The Morgan fingerprint density at radius 1 is 0.466 bits per heavy atom. The fraction of sp³-hybridized carbons (Fsp3) is 0.204. The van der Waals surface area contributed by atoms with Crippen molar-refractivity contribution < 1.29 is 4.74 Å². The SMILES string of the molecule is CC1(c2nc(-c3ccc4ccccc4c3)nc(-c3ccccc3-c3ccc4c(c3)C3(c5ccccc5O4)c4ccccc4-c4ccccc43)n2)CC2CC3C[C@H](C1)C32. The van der Waals surface area contributed by atoms with Gasteiger partial charge in [-0.1, -0.05) is 140 Å². The van der Waals surface area contributed by atoms with Gasteiger partial charge in [0.25, 0.3) is 0 Å². The van der Waals surface area contributed by atoms with E-state index in [0.29, 0.717) is 0 Å². The normalized spacial score (nSPS) is 23.7. The molecule has 0 N–H and O–H groups in total. The molecule has 278 valence electrons. The summed E-state index contributed by atoms with van der Waals surface area (Å²) in [6, 6.07) is 57.0. The highest BCUT2D eigenvalue weighted by molar-refractivity contribution is 5.91. The van der Waals surface area contributed by atoms with Crippen LogP contribution in [-0.4, -0.2) is 15.0 Å². The van der Waals surface area contributed by atoms with Gasteiger partial charge in [-0.05, 0) is 118 Å². The molecule has 13 rings (SSSR count). The van der Waals surface area contributed by atoms with E-state index in [-0.39, 0.29) is 5.41 Å². The standard InChI is InChI=1S/C54H41N3O/c1-53(30-37-27-36-28-38(31-53)49(36)37)52-56-50(35-23-22-32-12-2-3-13-33(32)26-35)55-51(57-52)42-17-5-4-14-39(42)34-24-25-48-46(29-34)54(45-20-10-11-21-47(45)58-48)43-18-8-6-15-40(43)41-16-7-9-19-44(41)54/h2-26,29,36-38,49H,27-28,30-31H2,1H3/t36?,37-,38?,49?,53?/m1/s1. The Bertz CT molecular complexity index is 2960. The average Bonchev–Trinajstić information content (AvgIpc) is 3.55. The zero-order chi connectivity index (χ0) is 38.2. The minimum absolute atomic E-state index is 0.0956. The van der Waals surface area contributed by atoms with E-state index in [4.69, 9.17) is 19.7 Å². The fourth-order valence-electron chi connectivity index (χ4n) is 12.3. The van der Waals surface area contributed by atoms with Crippen molar-refractivity contribution in [3.8, 4) is 56.5 Å². The van der Waals surface area contributed by atoms with Crippen molar-refractivity contribution in [2.75, 3.05) is 0 Å². The summed E-state index contributed by atoms with van der Waals surface area (Å²) in [5.74, 6) is 7.68. The molecule has 0 amide bonds. The van der Waals surface area contributed by atoms with E-state index in [9.17, 15) is 0 Å². The van der Waals surface area contributed by atoms with Gasteiger partial charge < -0.3 is 4.74 Å². The van der Waals surface area contributed by atoms with Gasteiger partial charge in [0.2, 0.25) is 0 Å². The highest BCUT2D eigenvalue weighted by Crippen LogP contribution is 2.67. The van der Waals surface area contributed by atoms with Crippen molar-refractivity contribution in [2.24, 2.45) is 23.7 Å². The number of benzene rings is 7. The first-order chi connectivity index (χ1) is 28.5. The maximum atomic E-state index is 6.79. The molecule has 3 saturated carbocycles. The summed E-state index contributed by atoms with van der Waals surface area (Å²) in [7, 11) is 0. The molecule has 4 nitrogen and oxygen atoms in total. The van der Waals surface area contributed by atoms with E-state index in [0.717, 1.165) is 93.3 Å². The summed E-state index contributed by atoms with van der Waals surface area (Å²) in [4.78, 5) is 16.3. The average molecular weight is 748 g/mol. The van der Waals surface area contributed by atoms with Crippen molar-refractivity contribution in [3.63, 3.8) is 0 Å². The van der Waals surface area contributed by atoms with E-state index >= 15 is 0 Å². The predicted octanol–water partition coefficient (Wildman–Crippen LogP) is 12.8. The van der Waals surface area contributed by atoms with Crippen LogP contribution < -0.4 is 4.74 Å². The van der Waals surface area contributed by atoms with Crippen LogP contribution in [0.15, 0.2) is 158 Å². The first-order valence-corrected chi connectivity index (χ1v) is 21.0. The molecule has 0 bridgehead atoms. The van der Waals surface area contributed by atoms with E-state index in [1.807, 2.05) is 0 Å². The highest BCUT2D eigenvalue weighted by Gasteiger charge is 2.60. The molecule has 5 atom stereocenters. The van der Waals surface area contributed by atoms with E-state index in [1.54, 1.807) is 0 Å². The summed E-state index contributed by atoms with van der Waals surface area (Å²) >= 11 is 0. The Hall–Kier alpha value is -6.39. The molecular weight excluding hydrogens is 707 g/mol. The Morgan fingerprint density at radius 2 is 1.05 bits per heavy atom. The second-order valence-corrected chi connectivity index (χ2v) is 17.9. The Labute approximate surface area is 338 Å². The van der Waals surface area contributed by atoms with E-state index in [2.05, 4.69) is 165 Å². The third kappa shape index (κ3) is 4.43. The van der Waals surface area contributed by atoms with Gasteiger partial charge in [0.15, 0.2) is 11.6 Å². The third-order valence-electron chi connectivity index (χ3n) is 14.8. The van der Waals surface area contributed by atoms with Gasteiger partial charge in [0.05, 0.1) is 5.41 Å². The number of hydrogen-bond acceptors (Lipinski definition) is 4. The molecule has 4 heteroatoms. The largest absolute Gasteiger partial charge is 0.457 e. The molecule has 0 saturated heterocycles. The number of para-hydroxylation sites is 1. The van der Waals surface area contributed by atoms with Crippen LogP contribution in [0, 0.1) is 23.7 Å². The van der Waals surface area contributed by atoms with Crippen molar-refractivity contribution >= 4 is 10.8 Å². The lowest BCUT2D eigenvalue weighted by Crippen LogP contribution is -2.58. The number of fused-ring (bicyclic) bond motifs is 10. The quantitative estimate of drug-likeness (QED) is 0.180. The van der Waals surface area contributed by atoms with Crippen molar-refractivity contribution in [2.45, 2.75) is 43.4 Å². The lowest BCUT2D eigenvalue weighted by molar-refractivity contribution is -0.142.